The second-order valence-corrected chi connectivity index (χ2v) is 2.24. The lowest BCUT2D eigenvalue weighted by molar-refractivity contribution is -0.129. The van der Waals surface area contributed by atoms with E-state index in [1.165, 1.54) is 7.11 Å². The number of rotatable bonds is 3. The first-order valence-corrected chi connectivity index (χ1v) is 3.10. The van der Waals surface area contributed by atoms with Gasteiger partial charge < -0.3 is 9.94 Å². The first-order valence-electron chi connectivity index (χ1n) is 3.10. The zero-order chi connectivity index (χ0) is 7.56. The van der Waals surface area contributed by atoms with Gasteiger partial charge in [0.1, 0.15) is 7.11 Å². The van der Waals surface area contributed by atoms with Crippen molar-refractivity contribution in [3.63, 3.8) is 0 Å². The van der Waals surface area contributed by atoms with E-state index in [-0.39, 0.29) is 11.6 Å². The van der Waals surface area contributed by atoms with Crippen LogP contribution in [-0.2, 0) is 9.63 Å². The Labute approximate surface area is 58.5 Å². The molecule has 0 bridgehead atoms. The van der Waals surface area contributed by atoms with Crippen molar-refractivity contribution in [3.8, 4) is 0 Å². The molecule has 0 aliphatic heterocycles. The standard InChI is InChI=1S/C6H9NO3/c1-10-7-5(6(8)9)4-2-3-4/h4H,2-3H2,1H3,(H,8,9). The summed E-state index contributed by atoms with van der Waals surface area (Å²) in [5.41, 5.74) is 0.155. The zero-order valence-electron chi connectivity index (χ0n) is 5.70. The Morgan fingerprint density at radius 3 is 2.60 bits per heavy atom. The van der Waals surface area contributed by atoms with Gasteiger partial charge in [0.15, 0.2) is 5.71 Å². The van der Waals surface area contributed by atoms with Gasteiger partial charge in [0, 0.05) is 5.92 Å². The van der Waals surface area contributed by atoms with Crippen molar-refractivity contribution in [2.45, 2.75) is 12.8 Å². The van der Waals surface area contributed by atoms with Crippen LogP contribution in [0.1, 0.15) is 12.8 Å². The van der Waals surface area contributed by atoms with Gasteiger partial charge in [-0.1, -0.05) is 5.16 Å². The van der Waals surface area contributed by atoms with Gasteiger partial charge in [0.05, 0.1) is 0 Å². The molecule has 0 saturated heterocycles. The predicted octanol–water partition coefficient (Wildman–Crippen LogP) is 0.483. The van der Waals surface area contributed by atoms with Crippen molar-refractivity contribution >= 4 is 11.7 Å². The second kappa shape index (κ2) is 2.68. The fourth-order valence-electron chi connectivity index (χ4n) is 0.743. The molecule has 0 spiro atoms. The van der Waals surface area contributed by atoms with E-state index in [9.17, 15) is 4.79 Å². The van der Waals surface area contributed by atoms with Crippen LogP contribution < -0.4 is 0 Å². The van der Waals surface area contributed by atoms with Crippen LogP contribution in [-0.4, -0.2) is 23.9 Å². The van der Waals surface area contributed by atoms with E-state index in [1.807, 2.05) is 0 Å². The van der Waals surface area contributed by atoms with Gasteiger partial charge in [0.2, 0.25) is 0 Å². The van der Waals surface area contributed by atoms with E-state index in [1.54, 1.807) is 0 Å². The topological polar surface area (TPSA) is 58.9 Å². The minimum atomic E-state index is -0.968. The Hall–Kier alpha value is -1.06. The second-order valence-electron chi connectivity index (χ2n) is 2.24. The number of hydrogen-bond acceptors (Lipinski definition) is 3. The van der Waals surface area contributed by atoms with Crippen LogP contribution in [0.15, 0.2) is 5.16 Å². The number of carboxylic acids is 1. The molecule has 1 aliphatic carbocycles. The first-order chi connectivity index (χ1) is 4.75. The van der Waals surface area contributed by atoms with Crippen LogP contribution in [0.5, 0.6) is 0 Å². The predicted molar refractivity (Wildman–Crippen MR) is 34.8 cm³/mol. The highest BCUT2D eigenvalue weighted by molar-refractivity contribution is 6.36. The minimum Gasteiger partial charge on any atom is -0.477 e. The third-order valence-electron chi connectivity index (χ3n) is 1.37. The molecule has 1 N–H and O–H groups in total. The van der Waals surface area contributed by atoms with Crippen LogP contribution in [0, 0.1) is 5.92 Å². The molecule has 0 amide bonds. The SMILES string of the molecule is CON=C(C(=O)O)C1CC1. The highest BCUT2D eigenvalue weighted by Gasteiger charge is 2.32. The van der Waals surface area contributed by atoms with Crippen molar-refractivity contribution < 1.29 is 14.7 Å². The Bertz CT molecular complexity index is 172. The molecule has 1 aliphatic rings. The third-order valence-corrected chi connectivity index (χ3v) is 1.37. The van der Waals surface area contributed by atoms with Crippen molar-refractivity contribution in [1.82, 2.24) is 0 Å². The largest absolute Gasteiger partial charge is 0.477 e. The van der Waals surface area contributed by atoms with Crippen LogP contribution in [0.4, 0.5) is 0 Å². The third kappa shape index (κ3) is 1.46. The summed E-state index contributed by atoms with van der Waals surface area (Å²) >= 11 is 0. The molecule has 0 aromatic carbocycles. The summed E-state index contributed by atoms with van der Waals surface area (Å²) in [4.78, 5) is 14.7. The van der Waals surface area contributed by atoms with Gasteiger partial charge in [-0.2, -0.15) is 0 Å². The van der Waals surface area contributed by atoms with Crippen LogP contribution in [0.25, 0.3) is 0 Å². The fraction of sp³-hybridized carbons (Fsp3) is 0.667. The molecule has 4 nitrogen and oxygen atoms in total. The molecule has 0 atom stereocenters. The van der Waals surface area contributed by atoms with E-state index >= 15 is 0 Å². The van der Waals surface area contributed by atoms with E-state index in [0.29, 0.717) is 0 Å². The molecule has 1 rings (SSSR count). The lowest BCUT2D eigenvalue weighted by atomic mass is 10.2. The lowest BCUT2D eigenvalue weighted by Gasteiger charge is -1.94. The fourth-order valence-corrected chi connectivity index (χ4v) is 0.743. The lowest BCUT2D eigenvalue weighted by Crippen LogP contribution is -2.15. The monoisotopic (exact) mass is 143 g/mol. The molecule has 1 saturated carbocycles. The molecule has 56 valence electrons. The molecular formula is C6H9NO3. The van der Waals surface area contributed by atoms with Crippen LogP contribution in [0.2, 0.25) is 0 Å². The normalized spacial score (nSPS) is 18.7. The van der Waals surface area contributed by atoms with Gasteiger partial charge in [0.25, 0.3) is 0 Å². The number of aliphatic carboxylic acids is 1. The average Bonchev–Trinajstić information content (AvgIpc) is 2.63. The molecular weight excluding hydrogens is 134 g/mol. The Morgan fingerprint density at radius 1 is 1.70 bits per heavy atom. The summed E-state index contributed by atoms with van der Waals surface area (Å²) in [6.07, 6.45) is 1.85. The molecule has 0 unspecified atom stereocenters. The molecule has 0 aromatic rings. The summed E-state index contributed by atoms with van der Waals surface area (Å²) in [7, 11) is 1.35. The molecule has 0 radical (unpaired) electrons. The maximum absolute atomic E-state index is 10.4. The maximum atomic E-state index is 10.4. The van der Waals surface area contributed by atoms with E-state index in [2.05, 4.69) is 9.99 Å². The Morgan fingerprint density at radius 2 is 2.30 bits per heavy atom. The Kier molecular flexibility index (Phi) is 1.89. The summed E-state index contributed by atoms with van der Waals surface area (Å²) in [6, 6.07) is 0. The van der Waals surface area contributed by atoms with E-state index < -0.39 is 5.97 Å². The average molecular weight is 143 g/mol. The van der Waals surface area contributed by atoms with E-state index in [0.717, 1.165) is 12.8 Å². The number of nitrogens with zero attached hydrogens (tertiary/aromatic N) is 1. The zero-order valence-corrected chi connectivity index (χ0v) is 5.70. The summed E-state index contributed by atoms with van der Waals surface area (Å²) in [6.45, 7) is 0. The number of hydrogen-bond donors (Lipinski definition) is 1. The number of carbonyl (C=O) groups is 1. The summed E-state index contributed by atoms with van der Waals surface area (Å²) in [5.74, 6) is -0.832. The maximum Gasteiger partial charge on any atom is 0.353 e. The molecule has 4 heteroatoms. The Balaban J connectivity index is 2.58. The van der Waals surface area contributed by atoms with Crippen LogP contribution >= 0.6 is 0 Å². The van der Waals surface area contributed by atoms with Crippen molar-refractivity contribution in [1.29, 1.82) is 0 Å². The smallest absolute Gasteiger partial charge is 0.353 e. The molecule has 0 heterocycles. The van der Waals surface area contributed by atoms with Gasteiger partial charge in [-0.05, 0) is 12.8 Å². The van der Waals surface area contributed by atoms with Crippen LogP contribution in [0.3, 0.4) is 0 Å². The molecule has 1 fully saturated rings. The molecule has 10 heavy (non-hydrogen) atoms. The summed E-state index contributed by atoms with van der Waals surface area (Å²) < 4.78 is 0. The molecule has 0 aromatic heterocycles. The van der Waals surface area contributed by atoms with Gasteiger partial charge >= 0.3 is 5.97 Å². The number of carboxylic acid groups (broad SMARTS) is 1. The van der Waals surface area contributed by atoms with Crippen molar-refractivity contribution in [2.75, 3.05) is 7.11 Å². The summed E-state index contributed by atoms with van der Waals surface area (Å²) in [5, 5.41) is 11.9. The van der Waals surface area contributed by atoms with Gasteiger partial charge in [-0.3, -0.25) is 0 Å². The highest BCUT2D eigenvalue weighted by Crippen LogP contribution is 2.30. The number of oxime groups is 1. The highest BCUT2D eigenvalue weighted by atomic mass is 16.6. The van der Waals surface area contributed by atoms with Gasteiger partial charge in [-0.25, -0.2) is 4.79 Å². The van der Waals surface area contributed by atoms with Gasteiger partial charge in [-0.15, -0.1) is 0 Å². The minimum absolute atomic E-state index is 0.137. The van der Waals surface area contributed by atoms with Crippen molar-refractivity contribution in [2.24, 2.45) is 11.1 Å². The quantitative estimate of drug-likeness (QED) is 0.462. The first kappa shape index (κ1) is 7.05. The van der Waals surface area contributed by atoms with Crippen molar-refractivity contribution in [3.05, 3.63) is 0 Å². The van der Waals surface area contributed by atoms with E-state index in [4.69, 9.17) is 5.11 Å².